The number of rotatable bonds is 3. The van der Waals surface area contributed by atoms with Crippen LogP contribution in [-0.2, 0) is 10.3 Å². The summed E-state index contributed by atoms with van der Waals surface area (Å²) in [5, 5.41) is 13.3. The van der Waals surface area contributed by atoms with Crippen molar-refractivity contribution in [1.82, 2.24) is 34.1 Å². The van der Waals surface area contributed by atoms with Crippen LogP contribution >= 0.6 is 0 Å². The fraction of sp³-hybridized carbons (Fsp3) is 0.235. The molecule has 4 heterocycles. The smallest absolute Gasteiger partial charge is 0.296 e. The Balaban J connectivity index is 1.68. The summed E-state index contributed by atoms with van der Waals surface area (Å²) < 4.78 is 28.4. The highest BCUT2D eigenvalue weighted by molar-refractivity contribution is 5.94. The van der Waals surface area contributed by atoms with E-state index in [1.165, 1.54) is 10.6 Å². The minimum Gasteiger partial charge on any atom is -0.370 e. The van der Waals surface area contributed by atoms with E-state index in [-0.39, 0.29) is 5.89 Å². The lowest BCUT2D eigenvalue weighted by molar-refractivity contribution is 0.0689. The lowest BCUT2D eigenvalue weighted by Gasteiger charge is -2.06. The van der Waals surface area contributed by atoms with Crippen LogP contribution in [0.15, 0.2) is 35.0 Å². The van der Waals surface area contributed by atoms with Gasteiger partial charge < -0.3 is 9.26 Å². The summed E-state index contributed by atoms with van der Waals surface area (Å²) in [5.41, 5.74) is 1.19. The minimum atomic E-state index is -0.620. The molecule has 0 atom stereocenters. The molecule has 27 heavy (non-hydrogen) atoms. The second-order valence-corrected chi connectivity index (χ2v) is 6.54. The Morgan fingerprint density at radius 1 is 1.19 bits per heavy atom. The van der Waals surface area contributed by atoms with E-state index >= 15 is 0 Å². The summed E-state index contributed by atoms with van der Waals surface area (Å²) in [6.45, 7) is 0. The monoisotopic (exact) mass is 365 g/mol. The molecule has 1 fully saturated rings. The van der Waals surface area contributed by atoms with Gasteiger partial charge >= 0.3 is 0 Å². The van der Waals surface area contributed by atoms with Crippen molar-refractivity contribution in [3.05, 3.63) is 42.4 Å². The van der Waals surface area contributed by atoms with Crippen molar-refractivity contribution < 1.29 is 13.7 Å². The predicted octanol–water partition coefficient (Wildman–Crippen LogP) is 2.35. The lowest BCUT2D eigenvalue weighted by Crippen LogP contribution is -2.10. The van der Waals surface area contributed by atoms with Gasteiger partial charge in [0.15, 0.2) is 5.65 Å². The van der Waals surface area contributed by atoms with Crippen molar-refractivity contribution in [3.8, 4) is 11.7 Å². The summed E-state index contributed by atoms with van der Waals surface area (Å²) in [4.78, 5) is 8.26. The van der Waals surface area contributed by atoms with Crippen molar-refractivity contribution in [3.63, 3.8) is 0 Å². The summed E-state index contributed by atoms with van der Waals surface area (Å²) in [6, 6.07) is 7.35. The summed E-state index contributed by atoms with van der Waals surface area (Å²) >= 11 is 0. The van der Waals surface area contributed by atoms with Crippen molar-refractivity contribution >= 4 is 22.2 Å². The Kier molecular flexibility index (Phi) is 2.65. The highest BCUT2D eigenvalue weighted by Crippen LogP contribution is 2.47. The molecule has 0 saturated heterocycles. The fourth-order valence-electron chi connectivity index (χ4n) is 3.51. The van der Waals surface area contributed by atoms with E-state index in [0.29, 0.717) is 28.5 Å². The Bertz CT molecular complexity index is 1350. The van der Waals surface area contributed by atoms with Gasteiger partial charge in [-0.15, -0.1) is 10.2 Å². The lowest BCUT2D eigenvalue weighted by atomic mass is 10.2. The van der Waals surface area contributed by atoms with Gasteiger partial charge in [-0.3, -0.25) is 8.80 Å². The highest BCUT2D eigenvalue weighted by atomic mass is 19.1. The number of nitrogens with zero attached hydrogens (tertiary/aromatic N) is 7. The van der Waals surface area contributed by atoms with E-state index in [1.54, 1.807) is 11.5 Å². The van der Waals surface area contributed by atoms with Crippen LogP contribution in [0.4, 0.5) is 4.39 Å². The number of aromatic nitrogens is 7. The molecule has 0 N–H and O–H groups in total. The van der Waals surface area contributed by atoms with Crippen molar-refractivity contribution in [2.24, 2.45) is 0 Å². The standard InChI is InChI=1S/C17H12FN7O2/c1-26-17(6-7-17)15-20-14(27-23-15)13-22-21-12-9-4-2-3-5-10(9)24-11(25(12)13)8-19-16(24)18/h2-5,8H,6-7H2,1H3. The Labute approximate surface area is 150 Å². The van der Waals surface area contributed by atoms with E-state index in [9.17, 15) is 4.39 Å². The molecule has 0 amide bonds. The van der Waals surface area contributed by atoms with E-state index < -0.39 is 11.7 Å². The molecule has 0 aliphatic heterocycles. The maximum atomic E-state index is 14.4. The Morgan fingerprint density at radius 3 is 2.85 bits per heavy atom. The van der Waals surface area contributed by atoms with E-state index in [2.05, 4.69) is 25.3 Å². The third-order valence-electron chi connectivity index (χ3n) is 5.10. The first-order valence-electron chi connectivity index (χ1n) is 8.40. The molecule has 1 aromatic carbocycles. The molecular weight excluding hydrogens is 353 g/mol. The average Bonchev–Trinajstić information content (AvgIpc) is 3.03. The number of methoxy groups -OCH3 is 1. The zero-order valence-electron chi connectivity index (χ0n) is 14.1. The topological polar surface area (TPSA) is 95.6 Å². The van der Waals surface area contributed by atoms with Gasteiger partial charge in [0.05, 0.1) is 11.7 Å². The van der Waals surface area contributed by atoms with Gasteiger partial charge in [0.2, 0.25) is 11.6 Å². The molecule has 9 nitrogen and oxygen atoms in total. The van der Waals surface area contributed by atoms with Crippen LogP contribution in [0.25, 0.3) is 33.9 Å². The molecule has 0 spiro atoms. The second-order valence-electron chi connectivity index (χ2n) is 6.54. The fourth-order valence-corrected chi connectivity index (χ4v) is 3.51. The van der Waals surface area contributed by atoms with Crippen LogP contribution in [0.5, 0.6) is 0 Å². The first-order chi connectivity index (χ1) is 13.2. The van der Waals surface area contributed by atoms with Gasteiger partial charge in [0, 0.05) is 12.5 Å². The normalized spacial score (nSPS) is 15.9. The number of imidazole rings is 1. The third kappa shape index (κ3) is 1.82. The summed E-state index contributed by atoms with van der Waals surface area (Å²) in [5.74, 6) is 0.999. The number of benzene rings is 1. The first kappa shape index (κ1) is 14.7. The Morgan fingerprint density at radius 2 is 2.04 bits per heavy atom. The third-order valence-corrected chi connectivity index (χ3v) is 5.10. The molecule has 1 aliphatic rings. The van der Waals surface area contributed by atoms with Gasteiger partial charge in [-0.2, -0.15) is 9.37 Å². The Hall–Kier alpha value is -3.40. The van der Waals surface area contributed by atoms with Crippen LogP contribution in [0.3, 0.4) is 0 Å². The van der Waals surface area contributed by atoms with E-state index in [4.69, 9.17) is 9.26 Å². The summed E-state index contributed by atoms with van der Waals surface area (Å²) in [6.07, 6.45) is 2.49. The van der Waals surface area contributed by atoms with Gasteiger partial charge in [0.25, 0.3) is 12.0 Å². The molecule has 0 radical (unpaired) electrons. The van der Waals surface area contributed by atoms with Gasteiger partial charge in [-0.05, 0) is 25.0 Å². The van der Waals surface area contributed by atoms with Gasteiger partial charge in [-0.1, -0.05) is 17.3 Å². The van der Waals surface area contributed by atoms with Gasteiger partial charge in [-0.25, -0.2) is 4.98 Å². The second kappa shape index (κ2) is 4.86. The number of fused-ring (bicyclic) bond motifs is 6. The molecule has 0 bridgehead atoms. The molecule has 6 rings (SSSR count). The molecule has 5 aromatic rings. The number of hydrogen-bond donors (Lipinski definition) is 0. The van der Waals surface area contributed by atoms with Crippen LogP contribution < -0.4 is 0 Å². The number of halogens is 1. The van der Waals surface area contributed by atoms with Crippen LogP contribution in [0, 0.1) is 6.08 Å². The van der Waals surface area contributed by atoms with Crippen molar-refractivity contribution in [1.29, 1.82) is 0 Å². The summed E-state index contributed by atoms with van der Waals surface area (Å²) in [7, 11) is 1.63. The van der Waals surface area contributed by atoms with E-state index in [0.717, 1.165) is 18.2 Å². The highest BCUT2D eigenvalue weighted by Gasteiger charge is 2.49. The van der Waals surface area contributed by atoms with Crippen molar-refractivity contribution in [2.75, 3.05) is 7.11 Å². The first-order valence-corrected chi connectivity index (χ1v) is 8.40. The zero-order valence-corrected chi connectivity index (χ0v) is 14.1. The number of para-hydroxylation sites is 1. The minimum absolute atomic E-state index is 0.194. The maximum Gasteiger partial charge on any atom is 0.296 e. The molecule has 1 saturated carbocycles. The molecule has 10 heteroatoms. The van der Waals surface area contributed by atoms with Crippen LogP contribution in [-0.4, -0.2) is 41.2 Å². The number of ether oxygens (including phenoxy) is 1. The largest absolute Gasteiger partial charge is 0.370 e. The molecule has 1 aliphatic carbocycles. The van der Waals surface area contributed by atoms with Crippen LogP contribution in [0.2, 0.25) is 0 Å². The van der Waals surface area contributed by atoms with Crippen LogP contribution in [0.1, 0.15) is 18.7 Å². The molecule has 0 unspecified atom stereocenters. The van der Waals surface area contributed by atoms with Gasteiger partial charge in [0.1, 0.15) is 11.2 Å². The van der Waals surface area contributed by atoms with E-state index in [1.807, 2.05) is 24.3 Å². The maximum absolute atomic E-state index is 14.4. The molecule has 4 aromatic heterocycles. The quantitative estimate of drug-likeness (QED) is 0.484. The SMILES string of the molecule is COC1(c2noc(-c3nnc4c5ccccc5n5c(F)ncc5n34)n2)CC1. The molecular formula is C17H12FN7O2. The number of hydrogen-bond acceptors (Lipinski definition) is 7. The zero-order chi connectivity index (χ0) is 18.2. The average molecular weight is 365 g/mol. The van der Waals surface area contributed by atoms with Crippen molar-refractivity contribution in [2.45, 2.75) is 18.4 Å². The predicted molar refractivity (Wildman–Crippen MR) is 90.4 cm³/mol. The molecule has 134 valence electrons.